The number of hydrogen-bond acceptors (Lipinski definition) is 3. The van der Waals surface area contributed by atoms with Gasteiger partial charge in [-0.25, -0.2) is 0 Å². The lowest BCUT2D eigenvalue weighted by Gasteiger charge is -2.58. The molecule has 21 heavy (non-hydrogen) atoms. The Morgan fingerprint density at radius 2 is 1.76 bits per heavy atom. The van der Waals surface area contributed by atoms with Crippen LogP contribution < -0.4 is 0 Å². The Bertz CT molecular complexity index is 495. The summed E-state index contributed by atoms with van der Waals surface area (Å²) in [6, 6.07) is 0. The molecule has 1 spiro atoms. The van der Waals surface area contributed by atoms with Crippen molar-refractivity contribution in [1.82, 2.24) is 0 Å². The summed E-state index contributed by atoms with van der Waals surface area (Å²) in [6.07, 6.45) is 7.82. The van der Waals surface area contributed by atoms with E-state index < -0.39 is 5.60 Å². The van der Waals surface area contributed by atoms with Gasteiger partial charge in [0.15, 0.2) is 0 Å². The Labute approximate surface area is 127 Å². The van der Waals surface area contributed by atoms with Gasteiger partial charge in [0.25, 0.3) is 0 Å². The van der Waals surface area contributed by atoms with Gasteiger partial charge in [0.2, 0.25) is 0 Å². The van der Waals surface area contributed by atoms with E-state index in [2.05, 4.69) is 13.8 Å². The molecule has 3 nitrogen and oxygen atoms in total. The zero-order valence-electron chi connectivity index (χ0n) is 13.6. The summed E-state index contributed by atoms with van der Waals surface area (Å²) in [7, 11) is 0. The van der Waals surface area contributed by atoms with Crippen molar-refractivity contribution in [2.24, 2.45) is 22.7 Å². The molecule has 4 fully saturated rings. The van der Waals surface area contributed by atoms with Crippen LogP contribution in [0, 0.1) is 22.7 Å². The van der Waals surface area contributed by atoms with Crippen LogP contribution in [0.5, 0.6) is 0 Å². The maximum absolute atomic E-state index is 13.0. The molecule has 5 atom stereocenters. The van der Waals surface area contributed by atoms with E-state index in [9.17, 15) is 9.90 Å². The molecule has 0 amide bonds. The number of hydrogen-bond donors (Lipinski definition) is 1. The second-order valence-electron chi connectivity index (χ2n) is 9.19. The maximum Gasteiger partial charge on any atom is 0.313 e. The van der Waals surface area contributed by atoms with Gasteiger partial charge in [-0.3, -0.25) is 4.79 Å². The first-order valence-corrected chi connectivity index (χ1v) is 8.68. The summed E-state index contributed by atoms with van der Waals surface area (Å²) >= 11 is 0. The molecular weight excluding hydrogens is 264 g/mol. The minimum absolute atomic E-state index is 0.0699. The molecule has 118 valence electrons. The molecule has 4 rings (SSSR count). The van der Waals surface area contributed by atoms with E-state index in [1.807, 2.05) is 6.92 Å². The van der Waals surface area contributed by atoms with Crippen molar-refractivity contribution in [2.75, 3.05) is 0 Å². The van der Waals surface area contributed by atoms with Gasteiger partial charge < -0.3 is 9.84 Å². The Balaban J connectivity index is 1.81. The molecule has 3 saturated carbocycles. The third-order valence-corrected chi connectivity index (χ3v) is 7.42. The lowest BCUT2D eigenvalue weighted by molar-refractivity contribution is -0.161. The Morgan fingerprint density at radius 3 is 2.52 bits per heavy atom. The van der Waals surface area contributed by atoms with Gasteiger partial charge in [-0.05, 0) is 56.8 Å². The fourth-order valence-electron chi connectivity index (χ4n) is 6.72. The highest BCUT2D eigenvalue weighted by molar-refractivity contribution is 5.82. The highest BCUT2D eigenvalue weighted by atomic mass is 16.6. The minimum atomic E-state index is -0.667. The van der Waals surface area contributed by atoms with Crippen molar-refractivity contribution in [2.45, 2.75) is 83.3 Å². The van der Waals surface area contributed by atoms with E-state index in [0.29, 0.717) is 18.3 Å². The normalized spacial score (nSPS) is 54.6. The predicted molar refractivity (Wildman–Crippen MR) is 79.6 cm³/mol. The highest BCUT2D eigenvalue weighted by Crippen LogP contribution is 2.70. The summed E-state index contributed by atoms with van der Waals surface area (Å²) in [5.74, 6) is 0.881. The average molecular weight is 292 g/mol. The number of ether oxygens (including phenoxy) is 1. The van der Waals surface area contributed by atoms with Crippen LogP contribution in [0.2, 0.25) is 0 Å². The number of rotatable bonds is 0. The monoisotopic (exact) mass is 292 g/mol. The first-order valence-electron chi connectivity index (χ1n) is 8.68. The van der Waals surface area contributed by atoms with Gasteiger partial charge in [-0.1, -0.05) is 20.3 Å². The van der Waals surface area contributed by atoms with Crippen LogP contribution in [0.25, 0.3) is 0 Å². The predicted octanol–water partition coefficient (Wildman–Crippen LogP) is 3.44. The van der Waals surface area contributed by atoms with Crippen LogP contribution in [0.4, 0.5) is 0 Å². The molecule has 0 aromatic carbocycles. The highest BCUT2D eigenvalue weighted by Gasteiger charge is 2.73. The van der Waals surface area contributed by atoms with Crippen molar-refractivity contribution in [3.8, 4) is 0 Å². The molecule has 4 aliphatic rings. The molecule has 0 aromatic heterocycles. The Hall–Kier alpha value is -0.570. The largest absolute Gasteiger partial charge is 0.458 e. The second kappa shape index (κ2) is 3.84. The molecule has 3 aliphatic carbocycles. The number of aliphatic hydroxyl groups is 1. The average Bonchev–Trinajstić information content (AvgIpc) is 2.48. The van der Waals surface area contributed by atoms with Gasteiger partial charge in [0, 0.05) is 12.3 Å². The van der Waals surface area contributed by atoms with Crippen LogP contribution in [-0.4, -0.2) is 22.3 Å². The fraction of sp³-hybridized carbons (Fsp3) is 0.944. The zero-order chi connectivity index (χ0) is 15.1. The molecule has 0 aromatic rings. The van der Waals surface area contributed by atoms with Crippen molar-refractivity contribution < 1.29 is 14.6 Å². The van der Waals surface area contributed by atoms with Gasteiger partial charge in [-0.15, -0.1) is 0 Å². The number of esters is 1. The smallest absolute Gasteiger partial charge is 0.313 e. The van der Waals surface area contributed by atoms with E-state index in [1.165, 1.54) is 6.42 Å². The molecule has 1 heterocycles. The van der Waals surface area contributed by atoms with Crippen LogP contribution in [0.15, 0.2) is 0 Å². The van der Waals surface area contributed by atoms with Gasteiger partial charge in [-0.2, -0.15) is 0 Å². The van der Waals surface area contributed by atoms with Crippen LogP contribution in [0.3, 0.4) is 0 Å². The second-order valence-corrected chi connectivity index (χ2v) is 9.19. The van der Waals surface area contributed by atoms with Crippen LogP contribution >= 0.6 is 0 Å². The Morgan fingerprint density at radius 1 is 1.05 bits per heavy atom. The molecule has 3 heteroatoms. The summed E-state index contributed by atoms with van der Waals surface area (Å²) in [5, 5.41) is 10.5. The summed E-state index contributed by atoms with van der Waals surface area (Å²) in [5.41, 5.74) is -1.02. The SMILES string of the molecule is CC1(C)CCC[C@@]23C(=O)O[C@]4(CC[C@@H]12)C[C@@](C)(O)CC[C@@H]43. The van der Waals surface area contributed by atoms with Crippen LogP contribution in [0.1, 0.15) is 72.1 Å². The van der Waals surface area contributed by atoms with Gasteiger partial charge in [0.05, 0.1) is 11.0 Å². The Kier molecular flexibility index (Phi) is 2.57. The minimum Gasteiger partial charge on any atom is -0.458 e. The summed E-state index contributed by atoms with van der Waals surface area (Å²) in [4.78, 5) is 13.0. The van der Waals surface area contributed by atoms with Crippen molar-refractivity contribution >= 4 is 5.97 Å². The lowest BCUT2D eigenvalue weighted by atomic mass is 9.43. The van der Waals surface area contributed by atoms with Crippen LogP contribution in [-0.2, 0) is 9.53 Å². The standard InChI is InChI=1S/C18H28O3/c1-15(2)7-4-8-18-12(15)6-10-17(21-14(18)19)11-16(3,20)9-5-13(17)18/h12-13,20H,4-11H2,1-3H3/t12-,13-,16-,17+,18+/m0/s1. The van der Waals surface area contributed by atoms with Crippen molar-refractivity contribution in [3.63, 3.8) is 0 Å². The topological polar surface area (TPSA) is 46.5 Å². The summed E-state index contributed by atoms with van der Waals surface area (Å²) < 4.78 is 6.07. The van der Waals surface area contributed by atoms with E-state index in [0.717, 1.165) is 38.5 Å². The molecule has 1 aliphatic heterocycles. The summed E-state index contributed by atoms with van der Waals surface area (Å²) in [6.45, 7) is 6.60. The molecule has 0 radical (unpaired) electrons. The molecule has 0 unspecified atom stereocenters. The zero-order valence-corrected chi connectivity index (χ0v) is 13.6. The van der Waals surface area contributed by atoms with Gasteiger partial charge in [0.1, 0.15) is 5.60 Å². The van der Waals surface area contributed by atoms with E-state index in [1.54, 1.807) is 0 Å². The molecule has 1 saturated heterocycles. The third kappa shape index (κ3) is 1.62. The lowest BCUT2D eigenvalue weighted by Crippen LogP contribution is -2.59. The molecule has 1 N–H and O–H groups in total. The van der Waals surface area contributed by atoms with E-state index in [4.69, 9.17) is 4.74 Å². The number of carbonyl (C=O) groups is 1. The van der Waals surface area contributed by atoms with E-state index >= 15 is 0 Å². The van der Waals surface area contributed by atoms with Crippen molar-refractivity contribution in [1.29, 1.82) is 0 Å². The third-order valence-electron chi connectivity index (χ3n) is 7.42. The fourth-order valence-corrected chi connectivity index (χ4v) is 6.72. The van der Waals surface area contributed by atoms with Gasteiger partial charge >= 0.3 is 5.97 Å². The first kappa shape index (κ1) is 14.0. The molecule has 2 bridgehead atoms. The number of carbonyl (C=O) groups excluding carboxylic acids is 1. The maximum atomic E-state index is 13.0. The van der Waals surface area contributed by atoms with E-state index in [-0.39, 0.29) is 22.4 Å². The van der Waals surface area contributed by atoms with Crippen molar-refractivity contribution in [3.05, 3.63) is 0 Å². The first-order chi connectivity index (χ1) is 9.72. The quantitative estimate of drug-likeness (QED) is 0.696. The molecular formula is C18H28O3.